The molecule has 0 saturated carbocycles. The second-order valence-electron chi connectivity index (χ2n) is 5.24. The molecule has 0 aliphatic rings. The summed E-state index contributed by atoms with van der Waals surface area (Å²) in [7, 11) is 0. The molecule has 4 heteroatoms. The van der Waals surface area contributed by atoms with Crippen LogP contribution in [0.3, 0.4) is 0 Å². The zero-order valence-electron chi connectivity index (χ0n) is 10.9. The van der Waals surface area contributed by atoms with Crippen LogP contribution in [0.4, 0.5) is 0 Å². The molecular weight excluding hydrogens is 206 g/mol. The first-order valence-electron chi connectivity index (χ1n) is 5.81. The van der Waals surface area contributed by atoms with E-state index in [0.29, 0.717) is 13.0 Å². The minimum absolute atomic E-state index is 0.104. The van der Waals surface area contributed by atoms with Gasteiger partial charge >= 0.3 is 0 Å². The van der Waals surface area contributed by atoms with E-state index in [2.05, 4.69) is 0 Å². The largest absolute Gasteiger partial charge is 0.383 e. The molecule has 0 aliphatic heterocycles. The van der Waals surface area contributed by atoms with Crippen LogP contribution >= 0.6 is 0 Å². The minimum atomic E-state index is -1.20. The zero-order valence-corrected chi connectivity index (χ0v) is 10.9. The number of rotatable bonds is 8. The molecule has 16 heavy (non-hydrogen) atoms. The SMILES string of the molecule is CC(C)(N)OCCCCCC(=O)C(C)(C)O. The molecule has 0 radical (unpaired) electrons. The second kappa shape index (κ2) is 6.33. The molecule has 0 bridgehead atoms. The van der Waals surface area contributed by atoms with Crippen molar-refractivity contribution in [2.45, 2.75) is 64.7 Å². The number of unbranched alkanes of at least 4 members (excludes halogenated alkanes) is 2. The van der Waals surface area contributed by atoms with Crippen LogP contribution in [-0.4, -0.2) is 28.8 Å². The Kier molecular flexibility index (Phi) is 6.15. The van der Waals surface area contributed by atoms with Crippen LogP contribution in [0, 0.1) is 0 Å². The highest BCUT2D eigenvalue weighted by molar-refractivity contribution is 5.86. The Balaban J connectivity index is 3.45. The quantitative estimate of drug-likeness (QED) is 0.491. The van der Waals surface area contributed by atoms with Crippen molar-refractivity contribution in [3.05, 3.63) is 0 Å². The normalized spacial score (nSPS) is 12.9. The molecular formula is C12H25NO3. The number of aliphatic hydroxyl groups is 1. The predicted octanol–water partition coefficient (Wildman–Crippen LogP) is 1.60. The van der Waals surface area contributed by atoms with Gasteiger partial charge in [0.1, 0.15) is 11.3 Å². The summed E-state index contributed by atoms with van der Waals surface area (Å²) in [6.07, 6.45) is 3.02. The molecule has 3 N–H and O–H groups in total. The number of carbonyl (C=O) groups is 1. The lowest BCUT2D eigenvalue weighted by molar-refractivity contribution is -0.134. The van der Waals surface area contributed by atoms with Gasteiger partial charge in [0.2, 0.25) is 0 Å². The number of ether oxygens (including phenoxy) is 1. The molecule has 0 aromatic carbocycles. The molecule has 0 saturated heterocycles. The third-order valence-corrected chi connectivity index (χ3v) is 2.20. The van der Waals surface area contributed by atoms with Crippen molar-refractivity contribution in [1.29, 1.82) is 0 Å². The average Bonchev–Trinajstić information content (AvgIpc) is 2.07. The third-order valence-electron chi connectivity index (χ3n) is 2.20. The second-order valence-corrected chi connectivity index (χ2v) is 5.24. The Morgan fingerprint density at radius 2 is 1.75 bits per heavy atom. The topological polar surface area (TPSA) is 72.5 Å². The van der Waals surface area contributed by atoms with Gasteiger partial charge in [0.15, 0.2) is 5.78 Å². The van der Waals surface area contributed by atoms with E-state index in [1.54, 1.807) is 0 Å². The highest BCUT2D eigenvalue weighted by Gasteiger charge is 2.22. The summed E-state index contributed by atoms with van der Waals surface area (Å²) in [5.41, 5.74) is 3.87. The van der Waals surface area contributed by atoms with Crippen molar-refractivity contribution in [3.63, 3.8) is 0 Å². The summed E-state index contributed by atoms with van der Waals surface area (Å²) in [5.74, 6) is -0.104. The molecule has 4 nitrogen and oxygen atoms in total. The summed E-state index contributed by atoms with van der Waals surface area (Å²) in [6, 6.07) is 0. The molecule has 0 atom stereocenters. The first-order chi connectivity index (χ1) is 7.13. The van der Waals surface area contributed by atoms with Gasteiger partial charge in [0, 0.05) is 13.0 Å². The van der Waals surface area contributed by atoms with E-state index in [4.69, 9.17) is 10.5 Å². The van der Waals surface area contributed by atoms with Gasteiger partial charge in [-0.1, -0.05) is 6.42 Å². The molecule has 0 fully saturated rings. The molecule has 0 unspecified atom stereocenters. The Hall–Kier alpha value is -0.450. The number of hydrogen-bond acceptors (Lipinski definition) is 4. The van der Waals surface area contributed by atoms with Crippen LogP contribution < -0.4 is 5.73 Å². The van der Waals surface area contributed by atoms with Gasteiger partial charge in [-0.3, -0.25) is 4.79 Å². The van der Waals surface area contributed by atoms with Gasteiger partial charge in [0.25, 0.3) is 0 Å². The minimum Gasteiger partial charge on any atom is -0.383 e. The van der Waals surface area contributed by atoms with Crippen molar-refractivity contribution in [1.82, 2.24) is 0 Å². The lowest BCUT2D eigenvalue weighted by atomic mass is 9.99. The summed E-state index contributed by atoms with van der Waals surface area (Å²) in [4.78, 5) is 11.4. The van der Waals surface area contributed by atoms with E-state index in [-0.39, 0.29) is 5.78 Å². The highest BCUT2D eigenvalue weighted by atomic mass is 16.5. The number of ketones is 1. The van der Waals surface area contributed by atoms with E-state index in [1.165, 1.54) is 13.8 Å². The maximum absolute atomic E-state index is 11.4. The molecule has 0 aliphatic carbocycles. The molecule has 0 heterocycles. The van der Waals surface area contributed by atoms with Crippen LogP contribution in [-0.2, 0) is 9.53 Å². The molecule has 0 amide bonds. The van der Waals surface area contributed by atoms with E-state index in [9.17, 15) is 9.90 Å². The predicted molar refractivity (Wildman–Crippen MR) is 64.0 cm³/mol. The zero-order chi connectivity index (χ0) is 12.8. The number of hydrogen-bond donors (Lipinski definition) is 2. The fraction of sp³-hybridized carbons (Fsp3) is 0.917. The van der Waals surface area contributed by atoms with Gasteiger partial charge in [-0.25, -0.2) is 0 Å². The monoisotopic (exact) mass is 231 g/mol. The lowest BCUT2D eigenvalue weighted by Gasteiger charge is -2.19. The smallest absolute Gasteiger partial charge is 0.163 e. The van der Waals surface area contributed by atoms with Gasteiger partial charge in [-0.15, -0.1) is 0 Å². The number of Topliss-reactive ketones (excluding diaryl/α,β-unsaturated/α-hetero) is 1. The molecule has 0 spiro atoms. The summed E-state index contributed by atoms with van der Waals surface area (Å²) < 4.78 is 5.35. The maximum Gasteiger partial charge on any atom is 0.163 e. The van der Waals surface area contributed by atoms with Crippen LogP contribution in [0.2, 0.25) is 0 Å². The van der Waals surface area contributed by atoms with Crippen molar-refractivity contribution in [2.75, 3.05) is 6.61 Å². The summed E-state index contributed by atoms with van der Waals surface area (Å²) in [5, 5.41) is 9.40. The molecule has 96 valence electrons. The fourth-order valence-corrected chi connectivity index (χ4v) is 1.21. The van der Waals surface area contributed by atoms with Gasteiger partial charge in [-0.05, 0) is 40.5 Å². The van der Waals surface area contributed by atoms with Crippen molar-refractivity contribution < 1.29 is 14.6 Å². The number of carbonyl (C=O) groups excluding carboxylic acids is 1. The van der Waals surface area contributed by atoms with E-state index < -0.39 is 11.3 Å². The highest BCUT2D eigenvalue weighted by Crippen LogP contribution is 2.10. The van der Waals surface area contributed by atoms with Crippen LogP contribution in [0.25, 0.3) is 0 Å². The molecule has 0 aromatic heterocycles. The van der Waals surface area contributed by atoms with E-state index in [1.807, 2.05) is 13.8 Å². The van der Waals surface area contributed by atoms with E-state index in [0.717, 1.165) is 19.3 Å². The number of nitrogens with two attached hydrogens (primary N) is 1. The lowest BCUT2D eigenvalue weighted by Crippen LogP contribution is -2.35. The van der Waals surface area contributed by atoms with Gasteiger partial charge in [0.05, 0.1) is 0 Å². The Labute approximate surface area is 98.2 Å². The van der Waals surface area contributed by atoms with Crippen molar-refractivity contribution >= 4 is 5.78 Å². The summed E-state index contributed by atoms with van der Waals surface area (Å²) in [6.45, 7) is 7.28. The Morgan fingerprint density at radius 1 is 1.19 bits per heavy atom. The van der Waals surface area contributed by atoms with Crippen LogP contribution in [0.15, 0.2) is 0 Å². The third kappa shape index (κ3) is 8.83. The average molecular weight is 231 g/mol. The molecule has 0 aromatic rings. The van der Waals surface area contributed by atoms with Crippen molar-refractivity contribution in [2.24, 2.45) is 5.73 Å². The first-order valence-corrected chi connectivity index (χ1v) is 5.81. The Bertz CT molecular complexity index is 213. The first kappa shape index (κ1) is 15.6. The van der Waals surface area contributed by atoms with Gasteiger partial charge in [-0.2, -0.15) is 0 Å². The van der Waals surface area contributed by atoms with Gasteiger partial charge < -0.3 is 15.6 Å². The van der Waals surface area contributed by atoms with Crippen LogP contribution in [0.5, 0.6) is 0 Å². The van der Waals surface area contributed by atoms with E-state index >= 15 is 0 Å². The maximum atomic E-state index is 11.4. The fourth-order valence-electron chi connectivity index (χ4n) is 1.21. The Morgan fingerprint density at radius 3 is 2.19 bits per heavy atom. The summed E-state index contributed by atoms with van der Waals surface area (Å²) >= 11 is 0. The van der Waals surface area contributed by atoms with Crippen molar-refractivity contribution in [3.8, 4) is 0 Å². The standard InChI is InChI=1S/C12H25NO3/c1-11(2,15)10(14)8-6-5-7-9-16-12(3,4)13/h15H,5-9,13H2,1-4H3. The molecule has 0 rings (SSSR count). The van der Waals surface area contributed by atoms with Crippen LogP contribution in [0.1, 0.15) is 53.4 Å².